The number of para-hydroxylation sites is 1. The highest BCUT2D eigenvalue weighted by Gasteiger charge is 2.41. The molecule has 1 fully saturated rings. The minimum atomic E-state index is 0.404. The van der Waals surface area contributed by atoms with Gasteiger partial charge in [-0.3, -0.25) is 0 Å². The minimum absolute atomic E-state index is 0.404. The van der Waals surface area contributed by atoms with Crippen LogP contribution in [0.4, 0.5) is 0 Å². The maximum atomic E-state index is 5.82. The molecule has 0 saturated heterocycles. The molecule has 0 atom stereocenters. The maximum Gasteiger partial charge on any atom is 0.125 e. The molecule has 2 nitrogen and oxygen atoms in total. The number of ether oxygens (including phenoxy) is 1. The van der Waals surface area contributed by atoms with Crippen molar-refractivity contribution < 1.29 is 4.74 Å². The van der Waals surface area contributed by atoms with Crippen LogP contribution in [0, 0.1) is 5.41 Å². The molecule has 0 unspecified atom stereocenters. The van der Waals surface area contributed by atoms with Gasteiger partial charge in [-0.2, -0.15) is 0 Å². The molecule has 1 saturated carbocycles. The number of rotatable bonds is 3. The molecular formula is C13H17NO. The van der Waals surface area contributed by atoms with E-state index in [1.165, 1.54) is 24.0 Å². The van der Waals surface area contributed by atoms with Gasteiger partial charge in [-0.15, -0.1) is 0 Å². The Morgan fingerprint density at radius 2 is 2.20 bits per heavy atom. The van der Waals surface area contributed by atoms with Gasteiger partial charge in [0.05, 0.1) is 6.61 Å². The number of hydrogen-bond acceptors (Lipinski definition) is 2. The van der Waals surface area contributed by atoms with Crippen LogP contribution >= 0.6 is 0 Å². The molecule has 1 aromatic rings. The normalized spacial score (nSPS) is 20.9. The molecule has 2 heteroatoms. The van der Waals surface area contributed by atoms with Gasteiger partial charge in [0.1, 0.15) is 5.75 Å². The van der Waals surface area contributed by atoms with Gasteiger partial charge in [0.15, 0.2) is 0 Å². The quantitative estimate of drug-likeness (QED) is 0.814. The second kappa shape index (κ2) is 3.24. The number of nitrogens with two attached hydrogens (primary N) is 1. The van der Waals surface area contributed by atoms with Crippen molar-refractivity contribution in [3.05, 3.63) is 29.3 Å². The fourth-order valence-corrected chi connectivity index (χ4v) is 2.46. The lowest BCUT2D eigenvalue weighted by molar-refractivity contribution is 0.350. The summed E-state index contributed by atoms with van der Waals surface area (Å²) in [7, 11) is 0. The summed E-state index contributed by atoms with van der Waals surface area (Å²) in [6.07, 6.45) is 4.74. The highest BCUT2D eigenvalue weighted by atomic mass is 16.5. The van der Waals surface area contributed by atoms with E-state index in [2.05, 4.69) is 18.2 Å². The van der Waals surface area contributed by atoms with E-state index in [9.17, 15) is 0 Å². The number of hydrogen-bond donors (Lipinski definition) is 1. The first kappa shape index (κ1) is 9.22. The third kappa shape index (κ3) is 1.53. The predicted octanol–water partition coefficient (Wildman–Crippen LogP) is 1.90. The van der Waals surface area contributed by atoms with Crippen LogP contribution in [0.15, 0.2) is 18.2 Å². The van der Waals surface area contributed by atoms with E-state index in [0.717, 1.165) is 31.7 Å². The van der Waals surface area contributed by atoms with Crippen LogP contribution in [0.1, 0.15) is 24.0 Å². The van der Waals surface area contributed by atoms with Gasteiger partial charge in [0.25, 0.3) is 0 Å². The van der Waals surface area contributed by atoms with Crippen LogP contribution in [0.2, 0.25) is 0 Å². The van der Waals surface area contributed by atoms with Crippen molar-refractivity contribution in [2.75, 3.05) is 13.2 Å². The van der Waals surface area contributed by atoms with Crippen molar-refractivity contribution in [1.82, 2.24) is 0 Å². The van der Waals surface area contributed by atoms with Gasteiger partial charge in [0, 0.05) is 6.42 Å². The average molecular weight is 203 g/mol. The van der Waals surface area contributed by atoms with Gasteiger partial charge < -0.3 is 10.5 Å². The van der Waals surface area contributed by atoms with Gasteiger partial charge in [-0.25, -0.2) is 0 Å². The molecule has 15 heavy (non-hydrogen) atoms. The highest BCUT2D eigenvalue weighted by Crippen LogP contribution is 2.49. The maximum absolute atomic E-state index is 5.82. The van der Waals surface area contributed by atoms with Crippen LogP contribution in [0.3, 0.4) is 0 Å². The molecule has 1 heterocycles. The minimum Gasteiger partial charge on any atom is -0.493 e. The molecule has 0 spiro atoms. The van der Waals surface area contributed by atoms with Gasteiger partial charge in [0.2, 0.25) is 0 Å². The Balaban J connectivity index is 1.89. The standard InChI is InChI=1S/C13H17NO/c14-9-13(5-6-13)8-11-3-1-2-10-4-7-15-12(10)11/h1-3H,4-9,14H2. The summed E-state index contributed by atoms with van der Waals surface area (Å²) in [5, 5.41) is 0. The van der Waals surface area contributed by atoms with Crippen molar-refractivity contribution >= 4 is 0 Å². The molecule has 0 aromatic heterocycles. The average Bonchev–Trinajstić information content (AvgIpc) is 2.87. The van der Waals surface area contributed by atoms with Crippen LogP contribution < -0.4 is 10.5 Å². The lowest BCUT2D eigenvalue weighted by Gasteiger charge is -2.14. The molecule has 0 bridgehead atoms. The summed E-state index contributed by atoms with van der Waals surface area (Å²) in [4.78, 5) is 0. The van der Waals surface area contributed by atoms with Crippen LogP contribution in [-0.4, -0.2) is 13.2 Å². The van der Waals surface area contributed by atoms with E-state index >= 15 is 0 Å². The van der Waals surface area contributed by atoms with Crippen molar-refractivity contribution in [2.24, 2.45) is 11.1 Å². The SMILES string of the molecule is NCC1(Cc2cccc3c2OCC3)CC1. The Kier molecular flexibility index (Phi) is 1.99. The fourth-order valence-electron chi connectivity index (χ4n) is 2.46. The molecule has 1 aromatic carbocycles. The second-order valence-corrected chi connectivity index (χ2v) is 4.88. The highest BCUT2D eigenvalue weighted by molar-refractivity contribution is 5.44. The molecule has 0 radical (unpaired) electrons. The molecule has 2 aliphatic rings. The van der Waals surface area contributed by atoms with E-state index in [1.54, 1.807) is 0 Å². The van der Waals surface area contributed by atoms with Crippen molar-refractivity contribution in [3.8, 4) is 5.75 Å². The smallest absolute Gasteiger partial charge is 0.125 e. The Morgan fingerprint density at radius 3 is 2.93 bits per heavy atom. The summed E-state index contributed by atoms with van der Waals surface area (Å²) in [5.41, 5.74) is 8.97. The molecule has 1 aliphatic heterocycles. The molecule has 2 N–H and O–H groups in total. The molecule has 3 rings (SSSR count). The van der Waals surface area contributed by atoms with Crippen LogP contribution in [-0.2, 0) is 12.8 Å². The zero-order chi connectivity index (χ0) is 10.3. The molecular weight excluding hydrogens is 186 g/mol. The number of benzene rings is 1. The zero-order valence-corrected chi connectivity index (χ0v) is 8.96. The summed E-state index contributed by atoms with van der Waals surface area (Å²) in [5.74, 6) is 1.15. The van der Waals surface area contributed by atoms with Gasteiger partial charge in [-0.05, 0) is 42.3 Å². The van der Waals surface area contributed by atoms with E-state index < -0.39 is 0 Å². The first-order valence-corrected chi connectivity index (χ1v) is 5.77. The van der Waals surface area contributed by atoms with Crippen LogP contribution in [0.25, 0.3) is 0 Å². The first-order valence-electron chi connectivity index (χ1n) is 5.77. The van der Waals surface area contributed by atoms with E-state index in [4.69, 9.17) is 10.5 Å². The summed E-state index contributed by atoms with van der Waals surface area (Å²) in [6, 6.07) is 6.52. The third-order valence-corrected chi connectivity index (χ3v) is 3.75. The zero-order valence-electron chi connectivity index (χ0n) is 8.96. The van der Waals surface area contributed by atoms with Gasteiger partial charge in [-0.1, -0.05) is 18.2 Å². The fraction of sp³-hybridized carbons (Fsp3) is 0.538. The molecule has 80 valence electrons. The lowest BCUT2D eigenvalue weighted by atomic mass is 9.94. The first-order chi connectivity index (χ1) is 7.33. The third-order valence-electron chi connectivity index (χ3n) is 3.75. The van der Waals surface area contributed by atoms with Crippen molar-refractivity contribution in [3.63, 3.8) is 0 Å². The van der Waals surface area contributed by atoms with Crippen LogP contribution in [0.5, 0.6) is 5.75 Å². The predicted molar refractivity (Wildman–Crippen MR) is 60.1 cm³/mol. The topological polar surface area (TPSA) is 35.2 Å². The lowest BCUT2D eigenvalue weighted by Crippen LogP contribution is -2.18. The molecule has 1 aliphatic carbocycles. The van der Waals surface area contributed by atoms with Crippen molar-refractivity contribution in [1.29, 1.82) is 0 Å². The Hall–Kier alpha value is -1.02. The molecule has 0 amide bonds. The van der Waals surface area contributed by atoms with Gasteiger partial charge >= 0.3 is 0 Å². The van der Waals surface area contributed by atoms with E-state index in [0.29, 0.717) is 5.41 Å². The largest absolute Gasteiger partial charge is 0.493 e. The summed E-state index contributed by atoms with van der Waals surface area (Å²) < 4.78 is 5.71. The monoisotopic (exact) mass is 203 g/mol. The number of fused-ring (bicyclic) bond motifs is 1. The summed E-state index contributed by atoms with van der Waals surface area (Å²) >= 11 is 0. The Bertz CT molecular complexity index is 382. The van der Waals surface area contributed by atoms with E-state index in [-0.39, 0.29) is 0 Å². The second-order valence-electron chi connectivity index (χ2n) is 4.88. The summed E-state index contributed by atoms with van der Waals surface area (Å²) in [6.45, 7) is 1.67. The Morgan fingerprint density at radius 1 is 1.33 bits per heavy atom. The van der Waals surface area contributed by atoms with E-state index in [1.807, 2.05) is 0 Å². The van der Waals surface area contributed by atoms with Crippen molar-refractivity contribution in [2.45, 2.75) is 25.7 Å². The Labute approximate surface area is 90.4 Å².